The topological polar surface area (TPSA) is 18.5 Å². The molecule has 0 aromatic rings. The summed E-state index contributed by atoms with van der Waals surface area (Å²) in [6.07, 6.45) is 1.62. The van der Waals surface area contributed by atoms with Gasteiger partial charge in [0, 0.05) is 12.7 Å². The molecule has 0 aliphatic rings. The zero-order valence-electron chi connectivity index (χ0n) is 11.2. The normalized spacial score (nSPS) is 10.7. The van der Waals surface area contributed by atoms with Crippen LogP contribution in [0.15, 0.2) is 35.4 Å². The molecule has 0 radical (unpaired) electrons. The van der Waals surface area contributed by atoms with Crippen molar-refractivity contribution in [3.63, 3.8) is 0 Å². The minimum Gasteiger partial charge on any atom is -0.494 e. The molecule has 0 aromatic carbocycles. The van der Waals surface area contributed by atoms with Gasteiger partial charge in [-0.25, -0.2) is 4.39 Å². The molecule has 94 valence electrons. The van der Waals surface area contributed by atoms with Crippen molar-refractivity contribution in [2.45, 2.75) is 27.7 Å². The number of methoxy groups -OCH3 is 2. The fraction of sp³-hybridized carbons (Fsp3) is 0.538. The molecule has 0 saturated carbocycles. The van der Waals surface area contributed by atoms with Gasteiger partial charge in [-0.2, -0.15) is 0 Å². The Morgan fingerprint density at radius 1 is 1.25 bits per heavy atom. The average molecular weight is 230 g/mol. The van der Waals surface area contributed by atoms with E-state index < -0.39 is 5.83 Å². The molecule has 0 fully saturated rings. The van der Waals surface area contributed by atoms with Crippen molar-refractivity contribution >= 4 is 0 Å². The Morgan fingerprint density at radius 2 is 1.75 bits per heavy atom. The van der Waals surface area contributed by atoms with Crippen LogP contribution >= 0.6 is 0 Å². The van der Waals surface area contributed by atoms with Crippen LogP contribution in [0.2, 0.25) is 0 Å². The van der Waals surface area contributed by atoms with E-state index in [2.05, 4.69) is 6.58 Å². The highest BCUT2D eigenvalue weighted by Crippen LogP contribution is 2.18. The second-order valence-electron chi connectivity index (χ2n) is 3.14. The lowest BCUT2D eigenvalue weighted by Crippen LogP contribution is -1.97. The minimum absolute atomic E-state index is 0.162. The van der Waals surface area contributed by atoms with Crippen LogP contribution in [0.4, 0.5) is 4.39 Å². The Morgan fingerprint density at radius 3 is 2.06 bits per heavy atom. The summed E-state index contributed by atoms with van der Waals surface area (Å²) in [4.78, 5) is 0. The van der Waals surface area contributed by atoms with E-state index in [9.17, 15) is 4.39 Å². The van der Waals surface area contributed by atoms with Gasteiger partial charge in [0.15, 0.2) is 11.6 Å². The fourth-order valence-corrected chi connectivity index (χ4v) is 0.886. The highest BCUT2D eigenvalue weighted by Gasteiger charge is 2.08. The molecule has 3 heteroatoms. The predicted octanol–water partition coefficient (Wildman–Crippen LogP) is 4.01. The van der Waals surface area contributed by atoms with Gasteiger partial charge >= 0.3 is 0 Å². The highest BCUT2D eigenvalue weighted by molar-refractivity contribution is 5.32. The molecular formula is C13H23FO2. The largest absolute Gasteiger partial charge is 0.494 e. The summed E-state index contributed by atoms with van der Waals surface area (Å²) in [6.45, 7) is 11.4. The van der Waals surface area contributed by atoms with Crippen molar-refractivity contribution in [2.75, 3.05) is 20.8 Å². The molecule has 0 aliphatic heterocycles. The molecule has 0 unspecified atom stereocenters. The maximum atomic E-state index is 13.5. The first-order valence-electron chi connectivity index (χ1n) is 5.28. The van der Waals surface area contributed by atoms with Crippen LogP contribution in [-0.4, -0.2) is 20.8 Å². The number of ether oxygens (including phenoxy) is 2. The summed E-state index contributed by atoms with van der Waals surface area (Å²) in [5.74, 6) is -0.275. The van der Waals surface area contributed by atoms with E-state index in [1.165, 1.54) is 14.2 Å². The van der Waals surface area contributed by atoms with Crippen molar-refractivity contribution in [1.82, 2.24) is 0 Å². The lowest BCUT2D eigenvalue weighted by Gasteiger charge is -2.06. The quantitative estimate of drug-likeness (QED) is 0.525. The zero-order valence-corrected chi connectivity index (χ0v) is 11.2. The van der Waals surface area contributed by atoms with Gasteiger partial charge in [-0.3, -0.25) is 0 Å². The van der Waals surface area contributed by atoms with Crippen molar-refractivity contribution < 1.29 is 13.9 Å². The molecule has 0 N–H and O–H groups in total. The smallest absolute Gasteiger partial charge is 0.169 e. The van der Waals surface area contributed by atoms with Crippen LogP contribution < -0.4 is 0 Å². The third-order valence-electron chi connectivity index (χ3n) is 1.48. The zero-order chi connectivity index (χ0) is 13.1. The van der Waals surface area contributed by atoms with E-state index in [1.807, 2.05) is 27.7 Å². The van der Waals surface area contributed by atoms with Gasteiger partial charge in [-0.05, 0) is 19.9 Å². The summed E-state index contributed by atoms with van der Waals surface area (Å²) in [6, 6.07) is 0. The van der Waals surface area contributed by atoms with E-state index >= 15 is 0 Å². The molecule has 0 saturated heterocycles. The lowest BCUT2D eigenvalue weighted by molar-refractivity contribution is 0.221. The fourth-order valence-electron chi connectivity index (χ4n) is 0.886. The third-order valence-corrected chi connectivity index (χ3v) is 1.48. The van der Waals surface area contributed by atoms with E-state index in [0.717, 1.165) is 5.57 Å². The van der Waals surface area contributed by atoms with Gasteiger partial charge in [0.25, 0.3) is 0 Å². The second kappa shape index (κ2) is 10.4. The third kappa shape index (κ3) is 7.23. The Balaban J connectivity index is 0. The van der Waals surface area contributed by atoms with E-state index in [-0.39, 0.29) is 17.9 Å². The van der Waals surface area contributed by atoms with Gasteiger partial charge in [0.05, 0.1) is 13.7 Å². The van der Waals surface area contributed by atoms with Gasteiger partial charge in [-0.15, -0.1) is 0 Å². The molecule has 0 aromatic heterocycles. The van der Waals surface area contributed by atoms with Crippen LogP contribution in [0.25, 0.3) is 0 Å². The Bertz CT molecular complexity index is 261. The molecule has 0 spiro atoms. The summed E-state index contributed by atoms with van der Waals surface area (Å²) >= 11 is 0. The molecule has 2 nitrogen and oxygen atoms in total. The lowest BCUT2D eigenvalue weighted by atomic mass is 10.2. The predicted molar refractivity (Wildman–Crippen MR) is 66.9 cm³/mol. The van der Waals surface area contributed by atoms with Crippen molar-refractivity contribution in [2.24, 2.45) is 0 Å². The van der Waals surface area contributed by atoms with E-state index in [0.29, 0.717) is 0 Å². The van der Waals surface area contributed by atoms with Gasteiger partial charge in [0.1, 0.15) is 0 Å². The number of hydrogen-bond donors (Lipinski definition) is 0. The monoisotopic (exact) mass is 230 g/mol. The Kier molecular flexibility index (Phi) is 11.3. The van der Waals surface area contributed by atoms with E-state index in [1.54, 1.807) is 6.08 Å². The van der Waals surface area contributed by atoms with Crippen LogP contribution in [0, 0.1) is 0 Å². The van der Waals surface area contributed by atoms with E-state index in [4.69, 9.17) is 9.47 Å². The number of allylic oxidation sites excluding steroid dienone is 2. The molecular weight excluding hydrogens is 207 g/mol. The number of halogens is 1. The van der Waals surface area contributed by atoms with Crippen LogP contribution in [0.5, 0.6) is 0 Å². The van der Waals surface area contributed by atoms with Crippen molar-refractivity contribution in [1.29, 1.82) is 0 Å². The minimum atomic E-state index is -0.462. The van der Waals surface area contributed by atoms with Crippen LogP contribution in [0.3, 0.4) is 0 Å². The molecule has 0 atom stereocenters. The molecule has 0 amide bonds. The van der Waals surface area contributed by atoms with Crippen molar-refractivity contribution in [3.8, 4) is 0 Å². The van der Waals surface area contributed by atoms with Crippen LogP contribution in [0.1, 0.15) is 27.7 Å². The molecule has 0 rings (SSSR count). The van der Waals surface area contributed by atoms with Gasteiger partial charge < -0.3 is 9.47 Å². The maximum absolute atomic E-state index is 13.5. The SMILES string of the molecule is C=C(COC)/C(F)=C(\C=C(C)C)OC.CC. The number of rotatable bonds is 5. The van der Waals surface area contributed by atoms with Crippen LogP contribution in [-0.2, 0) is 9.47 Å². The first kappa shape index (κ1) is 17.3. The number of hydrogen-bond acceptors (Lipinski definition) is 2. The first-order chi connectivity index (χ1) is 7.52. The Hall–Kier alpha value is -1.09. The van der Waals surface area contributed by atoms with Gasteiger partial charge in [-0.1, -0.05) is 26.0 Å². The standard InChI is InChI=1S/C11H17FO2.C2H6/c1-8(2)6-10(14-5)11(12)9(3)7-13-4;1-2/h6H,3,7H2,1-2,4-5H3;1-2H3/b11-10-;. The highest BCUT2D eigenvalue weighted by atomic mass is 19.1. The average Bonchev–Trinajstić information content (AvgIpc) is 2.27. The summed E-state index contributed by atoms with van der Waals surface area (Å²) in [5.41, 5.74) is 1.24. The maximum Gasteiger partial charge on any atom is 0.169 e. The first-order valence-corrected chi connectivity index (χ1v) is 5.28. The molecule has 0 heterocycles. The summed E-state index contributed by atoms with van der Waals surface area (Å²) in [5, 5.41) is 0. The molecule has 16 heavy (non-hydrogen) atoms. The molecule has 0 bridgehead atoms. The summed E-state index contributed by atoms with van der Waals surface area (Å²) in [7, 11) is 2.92. The van der Waals surface area contributed by atoms with Crippen molar-refractivity contribution in [3.05, 3.63) is 35.4 Å². The summed E-state index contributed by atoms with van der Waals surface area (Å²) < 4.78 is 23.2. The Labute approximate surface area is 98.4 Å². The molecule has 0 aliphatic carbocycles. The second-order valence-corrected chi connectivity index (χ2v) is 3.14. The van der Waals surface area contributed by atoms with Gasteiger partial charge in [0.2, 0.25) is 0 Å².